The first-order valence-corrected chi connectivity index (χ1v) is 15.5. The third kappa shape index (κ3) is 6.14. The zero-order valence-corrected chi connectivity index (χ0v) is 24.0. The lowest BCUT2D eigenvalue weighted by molar-refractivity contribution is -0.136. The fraction of sp³-hybridized carbons (Fsp3) is 0.206. The Morgan fingerprint density at radius 3 is 2.23 bits per heavy atom. The molecule has 5 nitrogen and oxygen atoms in total. The molecule has 0 bridgehead atoms. The minimum atomic E-state index is -4.56. The van der Waals surface area contributed by atoms with Gasteiger partial charge in [-0.2, -0.15) is 17.5 Å². The van der Waals surface area contributed by atoms with Crippen molar-refractivity contribution in [3.05, 3.63) is 120 Å². The Bertz CT molecular complexity index is 1870. The van der Waals surface area contributed by atoms with Gasteiger partial charge in [-0.15, -0.1) is 0 Å². The summed E-state index contributed by atoms with van der Waals surface area (Å²) in [5, 5.41) is 0.384. The lowest BCUT2D eigenvalue weighted by Crippen LogP contribution is -2.35. The van der Waals surface area contributed by atoms with Gasteiger partial charge in [0.25, 0.3) is 0 Å². The number of rotatable bonds is 7. The third-order valence-electron chi connectivity index (χ3n) is 7.64. The zero-order chi connectivity index (χ0) is 30.0. The van der Waals surface area contributed by atoms with Crippen molar-refractivity contribution in [3.8, 4) is 22.6 Å². The Kier molecular flexibility index (Phi) is 7.94. The topological polar surface area (TPSA) is 59.5 Å². The summed E-state index contributed by atoms with van der Waals surface area (Å²) < 4.78 is 75.9. The lowest BCUT2D eigenvalue weighted by Gasteiger charge is -2.26. The van der Waals surface area contributed by atoms with Gasteiger partial charge in [-0.1, -0.05) is 67.1 Å². The highest BCUT2D eigenvalue weighted by Crippen LogP contribution is 2.40. The van der Waals surface area contributed by atoms with Crippen LogP contribution in [0.5, 0.6) is 11.5 Å². The number of sulfonamides is 1. The van der Waals surface area contributed by atoms with E-state index >= 15 is 0 Å². The molecule has 0 atom stereocenters. The van der Waals surface area contributed by atoms with Crippen LogP contribution in [0.1, 0.15) is 36.0 Å². The second kappa shape index (κ2) is 11.8. The van der Waals surface area contributed by atoms with Crippen molar-refractivity contribution >= 4 is 20.9 Å². The molecular formula is C34H29F3N2O3S. The number of benzene rings is 4. The molecule has 220 valence electrons. The quantitative estimate of drug-likeness (QED) is 0.188. The van der Waals surface area contributed by atoms with Crippen LogP contribution in [0, 0.1) is 0 Å². The summed E-state index contributed by atoms with van der Waals surface area (Å²) in [6.07, 6.45) is 0.114. The monoisotopic (exact) mass is 602 g/mol. The van der Waals surface area contributed by atoms with Gasteiger partial charge in [-0.3, -0.25) is 4.98 Å². The largest absolute Gasteiger partial charge is 0.457 e. The summed E-state index contributed by atoms with van der Waals surface area (Å²) in [5.74, 6) is 0.770. The van der Waals surface area contributed by atoms with Gasteiger partial charge < -0.3 is 4.74 Å². The van der Waals surface area contributed by atoms with Crippen LogP contribution in [-0.2, 0) is 22.6 Å². The molecule has 0 amide bonds. The molecule has 4 aromatic carbocycles. The van der Waals surface area contributed by atoms with E-state index in [1.807, 2.05) is 36.4 Å². The van der Waals surface area contributed by atoms with Crippen LogP contribution in [0.4, 0.5) is 13.2 Å². The Balaban J connectivity index is 1.40. The number of nitrogens with zero attached hydrogens (tertiary/aromatic N) is 2. The minimum absolute atomic E-state index is 0.122. The molecule has 0 spiro atoms. The summed E-state index contributed by atoms with van der Waals surface area (Å²) in [6.45, 7) is 0.993. The van der Waals surface area contributed by atoms with Crippen LogP contribution in [0.2, 0.25) is 0 Å². The van der Waals surface area contributed by atoms with Gasteiger partial charge in [0, 0.05) is 30.7 Å². The molecule has 1 aliphatic heterocycles. The second-order valence-electron chi connectivity index (χ2n) is 10.6. The van der Waals surface area contributed by atoms with Crippen LogP contribution in [-0.4, -0.2) is 30.8 Å². The number of alkyl halides is 3. The predicted octanol–water partition coefficient (Wildman–Crippen LogP) is 8.48. The Hall–Kier alpha value is -4.21. The summed E-state index contributed by atoms with van der Waals surface area (Å²) in [5.41, 5.74) is 2.14. The number of para-hydroxylation sites is 1. The van der Waals surface area contributed by atoms with Gasteiger partial charge in [-0.05, 0) is 71.8 Å². The lowest BCUT2D eigenvalue weighted by atomic mass is 9.92. The third-order valence-corrected chi connectivity index (χ3v) is 9.53. The molecule has 1 aromatic heterocycles. The van der Waals surface area contributed by atoms with E-state index in [9.17, 15) is 21.6 Å². The number of aromatic nitrogens is 1. The number of hydrogen-bond acceptors (Lipinski definition) is 4. The molecule has 0 N–H and O–H groups in total. The maximum Gasteiger partial charge on any atom is 0.418 e. The van der Waals surface area contributed by atoms with Crippen molar-refractivity contribution in [1.29, 1.82) is 0 Å². The molecule has 2 heterocycles. The van der Waals surface area contributed by atoms with E-state index in [1.54, 1.807) is 42.5 Å². The van der Waals surface area contributed by atoms with Crippen LogP contribution < -0.4 is 4.74 Å². The highest BCUT2D eigenvalue weighted by Gasteiger charge is 2.34. The SMILES string of the molecule is O=S(=O)(c1cccc(Oc2cccc(-c3c(Cc4ccccc4)cnc4c(C(F)(F)F)cccc34)c2)c1)N1CCCCC1. The Morgan fingerprint density at radius 1 is 0.791 bits per heavy atom. The van der Waals surface area contributed by atoms with Crippen LogP contribution in [0.3, 0.4) is 0 Å². The molecule has 1 fully saturated rings. The fourth-order valence-corrected chi connectivity index (χ4v) is 7.14. The van der Waals surface area contributed by atoms with Crippen LogP contribution in [0.15, 0.2) is 108 Å². The van der Waals surface area contributed by atoms with E-state index in [0.29, 0.717) is 47.5 Å². The second-order valence-corrected chi connectivity index (χ2v) is 12.5. The van der Waals surface area contributed by atoms with E-state index in [2.05, 4.69) is 4.98 Å². The molecule has 0 unspecified atom stereocenters. The zero-order valence-electron chi connectivity index (χ0n) is 23.2. The molecule has 43 heavy (non-hydrogen) atoms. The van der Waals surface area contributed by atoms with E-state index in [0.717, 1.165) is 36.5 Å². The van der Waals surface area contributed by atoms with Gasteiger partial charge in [-0.25, -0.2) is 8.42 Å². The van der Waals surface area contributed by atoms with E-state index < -0.39 is 21.8 Å². The number of fused-ring (bicyclic) bond motifs is 1. The van der Waals surface area contributed by atoms with Gasteiger partial charge in [0.2, 0.25) is 10.0 Å². The van der Waals surface area contributed by atoms with Crippen molar-refractivity contribution < 1.29 is 26.3 Å². The van der Waals surface area contributed by atoms with Crippen molar-refractivity contribution in [3.63, 3.8) is 0 Å². The van der Waals surface area contributed by atoms with Gasteiger partial charge >= 0.3 is 6.18 Å². The van der Waals surface area contributed by atoms with Gasteiger partial charge in [0.05, 0.1) is 16.0 Å². The highest BCUT2D eigenvalue weighted by molar-refractivity contribution is 7.89. The van der Waals surface area contributed by atoms with Crippen LogP contribution >= 0.6 is 0 Å². The van der Waals surface area contributed by atoms with E-state index in [4.69, 9.17) is 4.74 Å². The highest BCUT2D eigenvalue weighted by atomic mass is 32.2. The predicted molar refractivity (Wildman–Crippen MR) is 161 cm³/mol. The summed E-state index contributed by atoms with van der Waals surface area (Å²) in [6, 6.07) is 27.2. The number of hydrogen-bond donors (Lipinski definition) is 0. The van der Waals surface area contributed by atoms with Crippen LogP contribution in [0.25, 0.3) is 22.0 Å². The fourth-order valence-electron chi connectivity index (χ4n) is 5.59. The molecule has 1 saturated heterocycles. The first-order chi connectivity index (χ1) is 20.7. The molecule has 0 saturated carbocycles. The minimum Gasteiger partial charge on any atom is -0.457 e. The van der Waals surface area contributed by atoms with Crippen molar-refractivity contribution in [2.24, 2.45) is 0 Å². The van der Waals surface area contributed by atoms with Crippen molar-refractivity contribution in [2.75, 3.05) is 13.1 Å². The molecule has 9 heteroatoms. The van der Waals surface area contributed by atoms with Gasteiger partial charge in [0.15, 0.2) is 0 Å². The molecule has 0 radical (unpaired) electrons. The molecule has 5 aromatic rings. The first-order valence-electron chi connectivity index (χ1n) is 14.1. The first kappa shape index (κ1) is 28.9. The standard InChI is InChI=1S/C34H29F3N2O3S/c35-34(36,37)31-17-9-16-30-32(26(23-38-33(30)31)20-24-10-3-1-4-11-24)25-12-7-13-27(21-25)42-28-14-8-15-29(22-28)43(40,41)39-18-5-2-6-19-39/h1,3-4,7-17,21-23H,2,5-6,18-20H2. The average molecular weight is 603 g/mol. The molecule has 0 aliphatic carbocycles. The molecule has 6 rings (SSSR count). The molecule has 1 aliphatic rings. The summed E-state index contributed by atoms with van der Waals surface area (Å²) >= 11 is 0. The Labute approximate surface area is 248 Å². The average Bonchev–Trinajstić information content (AvgIpc) is 3.01. The van der Waals surface area contributed by atoms with E-state index in [-0.39, 0.29) is 10.4 Å². The van der Waals surface area contributed by atoms with Crippen molar-refractivity contribution in [2.45, 2.75) is 36.8 Å². The smallest absolute Gasteiger partial charge is 0.418 e. The maximum absolute atomic E-state index is 13.9. The number of ether oxygens (including phenoxy) is 1. The summed E-state index contributed by atoms with van der Waals surface area (Å²) in [7, 11) is -3.65. The van der Waals surface area contributed by atoms with Gasteiger partial charge in [0.1, 0.15) is 11.5 Å². The normalized spacial score (nSPS) is 14.6. The maximum atomic E-state index is 13.9. The molecular weight excluding hydrogens is 573 g/mol. The Morgan fingerprint density at radius 2 is 1.49 bits per heavy atom. The van der Waals surface area contributed by atoms with Crippen molar-refractivity contribution in [1.82, 2.24) is 9.29 Å². The number of piperidine rings is 1. The number of halogens is 3. The van der Waals surface area contributed by atoms with E-state index in [1.165, 1.54) is 22.6 Å². The summed E-state index contributed by atoms with van der Waals surface area (Å²) in [4.78, 5) is 4.44. The number of pyridine rings is 1.